The molecule has 0 bridgehead atoms. The van der Waals surface area contributed by atoms with E-state index >= 15 is 0 Å². The fourth-order valence-corrected chi connectivity index (χ4v) is 3.27. The molecule has 0 saturated carbocycles. The Bertz CT molecular complexity index is 956. The number of amides is 1. The summed E-state index contributed by atoms with van der Waals surface area (Å²) in [5, 5.41) is 6.12. The van der Waals surface area contributed by atoms with Crippen molar-refractivity contribution in [2.45, 2.75) is 39.3 Å². The Labute approximate surface area is 190 Å². The fourth-order valence-electron chi connectivity index (χ4n) is 3.27. The highest BCUT2D eigenvalue weighted by atomic mass is 16.5. The molecule has 32 heavy (non-hydrogen) atoms. The van der Waals surface area contributed by atoms with Crippen molar-refractivity contribution in [2.24, 2.45) is 0 Å². The molecule has 0 spiro atoms. The summed E-state index contributed by atoms with van der Waals surface area (Å²) in [7, 11) is 0. The highest BCUT2D eigenvalue weighted by molar-refractivity contribution is 5.93. The Hall–Kier alpha value is -3.31. The van der Waals surface area contributed by atoms with E-state index < -0.39 is 0 Å². The lowest BCUT2D eigenvalue weighted by atomic mass is 10.1. The first-order valence-electron chi connectivity index (χ1n) is 11.1. The van der Waals surface area contributed by atoms with Crippen molar-refractivity contribution in [1.29, 1.82) is 0 Å². The summed E-state index contributed by atoms with van der Waals surface area (Å²) in [5.41, 5.74) is 3.08. The number of hydrogen-bond acceptors (Lipinski definition) is 4. The van der Waals surface area contributed by atoms with E-state index in [0.29, 0.717) is 24.6 Å². The van der Waals surface area contributed by atoms with Crippen molar-refractivity contribution in [3.63, 3.8) is 0 Å². The summed E-state index contributed by atoms with van der Waals surface area (Å²) in [6, 6.07) is 25.8. The predicted molar refractivity (Wildman–Crippen MR) is 129 cm³/mol. The number of para-hydroxylation sites is 2. The number of ether oxygens (including phenoxy) is 2. The second-order valence-electron chi connectivity index (χ2n) is 7.90. The monoisotopic (exact) mass is 432 g/mol. The molecule has 3 aromatic rings. The van der Waals surface area contributed by atoms with Crippen LogP contribution in [0, 0.1) is 0 Å². The van der Waals surface area contributed by atoms with Gasteiger partial charge < -0.3 is 20.1 Å². The van der Waals surface area contributed by atoms with E-state index in [1.54, 1.807) is 0 Å². The molecule has 0 saturated heterocycles. The van der Waals surface area contributed by atoms with E-state index in [-0.39, 0.29) is 18.6 Å². The number of rotatable bonds is 12. The molecule has 0 radical (unpaired) electrons. The van der Waals surface area contributed by atoms with Crippen LogP contribution in [0.2, 0.25) is 0 Å². The van der Waals surface area contributed by atoms with Gasteiger partial charge in [-0.1, -0.05) is 54.6 Å². The van der Waals surface area contributed by atoms with Crippen molar-refractivity contribution >= 4 is 11.6 Å². The maximum absolute atomic E-state index is 12.4. The average Bonchev–Trinajstić information content (AvgIpc) is 2.79. The van der Waals surface area contributed by atoms with Crippen molar-refractivity contribution in [3.05, 3.63) is 90.0 Å². The molecule has 3 aromatic carbocycles. The maximum Gasteiger partial charge on any atom is 0.238 e. The van der Waals surface area contributed by atoms with Crippen LogP contribution in [-0.2, 0) is 17.8 Å². The number of carbonyl (C=O) groups excluding carboxylic acids is 1. The lowest BCUT2D eigenvalue weighted by Gasteiger charge is -2.13. The van der Waals surface area contributed by atoms with Crippen molar-refractivity contribution in [2.75, 3.05) is 18.5 Å². The van der Waals surface area contributed by atoms with E-state index in [9.17, 15) is 4.79 Å². The predicted octanol–water partition coefficient (Wildman–Crippen LogP) is 5.21. The Kier molecular flexibility index (Phi) is 9.14. The van der Waals surface area contributed by atoms with Crippen LogP contribution >= 0.6 is 0 Å². The van der Waals surface area contributed by atoms with E-state index in [1.807, 2.05) is 80.6 Å². The number of anilines is 1. The molecule has 0 heterocycles. The Morgan fingerprint density at radius 2 is 1.59 bits per heavy atom. The number of carbonyl (C=O) groups is 1. The molecule has 0 aromatic heterocycles. The van der Waals surface area contributed by atoms with Gasteiger partial charge in [0.2, 0.25) is 5.91 Å². The molecule has 0 aliphatic heterocycles. The van der Waals surface area contributed by atoms with Gasteiger partial charge in [0, 0.05) is 6.54 Å². The van der Waals surface area contributed by atoms with Gasteiger partial charge in [-0.05, 0) is 62.1 Å². The summed E-state index contributed by atoms with van der Waals surface area (Å²) < 4.78 is 11.6. The molecule has 0 aliphatic rings. The van der Waals surface area contributed by atoms with E-state index in [4.69, 9.17) is 9.47 Å². The summed E-state index contributed by atoms with van der Waals surface area (Å²) >= 11 is 0. The quantitative estimate of drug-likeness (QED) is 0.386. The Morgan fingerprint density at radius 1 is 0.875 bits per heavy atom. The molecule has 0 unspecified atom stereocenters. The van der Waals surface area contributed by atoms with Gasteiger partial charge in [-0.2, -0.15) is 0 Å². The highest BCUT2D eigenvalue weighted by Gasteiger charge is 2.08. The third-order valence-electron chi connectivity index (χ3n) is 4.78. The Balaban J connectivity index is 1.40. The van der Waals surface area contributed by atoms with Gasteiger partial charge in [-0.25, -0.2) is 0 Å². The van der Waals surface area contributed by atoms with E-state index in [0.717, 1.165) is 24.2 Å². The molecule has 168 valence electrons. The molecular weight excluding hydrogens is 400 g/mol. The first kappa shape index (κ1) is 23.4. The molecule has 0 aliphatic carbocycles. The molecule has 3 rings (SSSR count). The van der Waals surface area contributed by atoms with Gasteiger partial charge >= 0.3 is 0 Å². The van der Waals surface area contributed by atoms with Crippen LogP contribution in [0.3, 0.4) is 0 Å². The molecule has 5 heteroatoms. The van der Waals surface area contributed by atoms with Gasteiger partial charge in [0.15, 0.2) is 0 Å². The zero-order chi connectivity index (χ0) is 22.6. The van der Waals surface area contributed by atoms with Gasteiger partial charge in [0.1, 0.15) is 11.5 Å². The SMILES string of the molecule is CC(C)Oc1ccc(CNCC(=O)Nc2ccccc2OCCCc2ccccc2)cc1. The minimum atomic E-state index is -0.106. The molecule has 0 atom stereocenters. The zero-order valence-electron chi connectivity index (χ0n) is 18.8. The maximum atomic E-state index is 12.4. The minimum absolute atomic E-state index is 0.106. The normalized spacial score (nSPS) is 10.7. The Morgan fingerprint density at radius 3 is 2.34 bits per heavy atom. The summed E-state index contributed by atoms with van der Waals surface area (Å²) in [4.78, 5) is 12.4. The first-order valence-corrected chi connectivity index (χ1v) is 11.1. The molecular formula is C27H32N2O3. The lowest BCUT2D eigenvalue weighted by molar-refractivity contribution is -0.115. The number of hydrogen-bond donors (Lipinski definition) is 2. The van der Waals surface area contributed by atoms with Crippen molar-refractivity contribution in [3.8, 4) is 11.5 Å². The lowest BCUT2D eigenvalue weighted by Crippen LogP contribution is -2.27. The van der Waals surface area contributed by atoms with Gasteiger partial charge in [-0.15, -0.1) is 0 Å². The topological polar surface area (TPSA) is 59.6 Å². The van der Waals surface area contributed by atoms with Crippen LogP contribution < -0.4 is 20.1 Å². The van der Waals surface area contributed by atoms with Crippen LogP contribution in [0.15, 0.2) is 78.9 Å². The summed E-state index contributed by atoms with van der Waals surface area (Å²) in [6.07, 6.45) is 2.03. The van der Waals surface area contributed by atoms with Crippen molar-refractivity contribution < 1.29 is 14.3 Å². The zero-order valence-corrected chi connectivity index (χ0v) is 18.8. The molecule has 2 N–H and O–H groups in total. The van der Waals surface area contributed by atoms with Gasteiger partial charge in [-0.3, -0.25) is 4.79 Å². The fraction of sp³-hybridized carbons (Fsp3) is 0.296. The standard InChI is InChI=1S/C27H32N2O3/c1-21(2)32-24-16-14-23(15-17-24)19-28-20-27(30)29-25-12-6-7-13-26(25)31-18-8-11-22-9-4-3-5-10-22/h3-7,9-10,12-17,21,28H,8,11,18-20H2,1-2H3,(H,29,30). The van der Waals surface area contributed by atoms with Crippen LogP contribution in [0.4, 0.5) is 5.69 Å². The third-order valence-corrected chi connectivity index (χ3v) is 4.78. The highest BCUT2D eigenvalue weighted by Crippen LogP contribution is 2.24. The third kappa shape index (κ3) is 8.08. The second kappa shape index (κ2) is 12.5. The minimum Gasteiger partial charge on any atom is -0.491 e. The number of aryl methyl sites for hydroxylation is 1. The molecule has 1 amide bonds. The molecule has 0 fully saturated rings. The summed E-state index contributed by atoms with van der Waals surface area (Å²) in [5.74, 6) is 1.43. The largest absolute Gasteiger partial charge is 0.491 e. The summed E-state index contributed by atoms with van der Waals surface area (Å²) in [6.45, 7) is 5.42. The van der Waals surface area contributed by atoms with Crippen LogP contribution in [0.5, 0.6) is 11.5 Å². The van der Waals surface area contributed by atoms with E-state index in [1.165, 1.54) is 5.56 Å². The van der Waals surface area contributed by atoms with Gasteiger partial charge in [0.25, 0.3) is 0 Å². The van der Waals surface area contributed by atoms with Crippen LogP contribution in [0.25, 0.3) is 0 Å². The van der Waals surface area contributed by atoms with Gasteiger partial charge in [0.05, 0.1) is 24.9 Å². The van der Waals surface area contributed by atoms with Crippen LogP contribution in [-0.4, -0.2) is 25.2 Å². The number of nitrogens with one attached hydrogen (secondary N) is 2. The number of benzene rings is 3. The first-order chi connectivity index (χ1) is 15.6. The average molecular weight is 433 g/mol. The smallest absolute Gasteiger partial charge is 0.238 e. The molecule has 5 nitrogen and oxygen atoms in total. The van der Waals surface area contributed by atoms with Crippen LogP contribution in [0.1, 0.15) is 31.4 Å². The second-order valence-corrected chi connectivity index (χ2v) is 7.90. The van der Waals surface area contributed by atoms with Crippen molar-refractivity contribution in [1.82, 2.24) is 5.32 Å². The van der Waals surface area contributed by atoms with E-state index in [2.05, 4.69) is 22.8 Å².